The second-order valence-corrected chi connectivity index (χ2v) is 3.08. The summed E-state index contributed by atoms with van der Waals surface area (Å²) in [4.78, 5) is 11.7. The third kappa shape index (κ3) is 1.72. The van der Waals surface area contributed by atoms with Crippen LogP contribution in [0.4, 0.5) is 0 Å². The largest absolute Gasteiger partial charge is 0.472 e. The highest BCUT2D eigenvalue weighted by Crippen LogP contribution is 2.07. The van der Waals surface area contributed by atoms with Gasteiger partial charge in [-0.15, -0.1) is 0 Å². The molecule has 1 saturated heterocycles. The van der Waals surface area contributed by atoms with Gasteiger partial charge in [-0.3, -0.25) is 9.80 Å². The van der Waals surface area contributed by atoms with Gasteiger partial charge in [0.25, 0.3) is 5.91 Å². The van der Waals surface area contributed by atoms with Crippen LogP contribution in [0.25, 0.3) is 0 Å². The van der Waals surface area contributed by atoms with Crippen molar-refractivity contribution in [2.24, 2.45) is 0 Å². The summed E-state index contributed by atoms with van der Waals surface area (Å²) in [5.41, 5.74) is 3.66. The normalized spacial score (nSPS) is 17.4. The predicted octanol–water partition coefficient (Wildman–Crippen LogP) is 1.02. The molecule has 0 atom stereocenters. The number of nitrogens with one attached hydrogen (secondary N) is 1. The van der Waals surface area contributed by atoms with E-state index in [0.29, 0.717) is 5.56 Å². The number of hydrazine groups is 1. The maximum atomic E-state index is 11.7. The molecule has 1 aliphatic rings. The minimum absolute atomic E-state index is 0.00606. The molecule has 0 bridgehead atoms. The molecular weight excluding hydrogens is 168 g/mol. The van der Waals surface area contributed by atoms with E-state index < -0.39 is 0 Å². The Morgan fingerprint density at radius 2 is 2.46 bits per heavy atom. The quantitative estimate of drug-likeness (QED) is 0.701. The molecule has 4 nitrogen and oxygen atoms in total. The van der Waals surface area contributed by atoms with E-state index in [1.807, 2.05) is 0 Å². The van der Waals surface area contributed by atoms with Crippen LogP contribution in [0.15, 0.2) is 23.0 Å². The van der Waals surface area contributed by atoms with Gasteiger partial charge in [0.1, 0.15) is 6.26 Å². The molecule has 1 aliphatic heterocycles. The van der Waals surface area contributed by atoms with E-state index in [1.165, 1.54) is 12.5 Å². The molecule has 0 unspecified atom stereocenters. The molecule has 13 heavy (non-hydrogen) atoms. The van der Waals surface area contributed by atoms with Gasteiger partial charge in [0.15, 0.2) is 0 Å². The van der Waals surface area contributed by atoms with Crippen molar-refractivity contribution in [2.45, 2.75) is 12.8 Å². The molecule has 4 heteroatoms. The molecule has 2 rings (SSSR count). The minimum atomic E-state index is -0.00606. The Labute approximate surface area is 76.5 Å². The second kappa shape index (κ2) is 3.62. The van der Waals surface area contributed by atoms with Crippen LogP contribution in [0.2, 0.25) is 0 Å². The molecule has 0 aromatic carbocycles. The molecule has 0 aliphatic carbocycles. The maximum absolute atomic E-state index is 11.7. The molecule has 1 N–H and O–H groups in total. The van der Waals surface area contributed by atoms with Crippen LogP contribution < -0.4 is 5.43 Å². The number of carbonyl (C=O) groups is 1. The molecule has 1 amide bonds. The first-order valence-corrected chi connectivity index (χ1v) is 4.45. The average Bonchev–Trinajstić information content (AvgIpc) is 2.71. The first-order valence-electron chi connectivity index (χ1n) is 4.45. The Morgan fingerprint density at radius 3 is 3.08 bits per heavy atom. The summed E-state index contributed by atoms with van der Waals surface area (Å²) >= 11 is 0. The predicted molar refractivity (Wildman–Crippen MR) is 47.0 cm³/mol. The number of hydrogen-bond donors (Lipinski definition) is 1. The molecule has 70 valence electrons. The smallest absolute Gasteiger partial charge is 0.271 e. The van der Waals surface area contributed by atoms with Crippen molar-refractivity contribution in [1.82, 2.24) is 10.4 Å². The fraction of sp³-hybridized carbons (Fsp3) is 0.444. The zero-order valence-electron chi connectivity index (χ0n) is 7.32. The lowest BCUT2D eigenvalue weighted by molar-refractivity contribution is 0.0610. The van der Waals surface area contributed by atoms with Gasteiger partial charge in [-0.25, -0.2) is 5.43 Å². The number of furan rings is 1. The van der Waals surface area contributed by atoms with Crippen molar-refractivity contribution in [2.75, 3.05) is 13.1 Å². The second-order valence-electron chi connectivity index (χ2n) is 3.08. The van der Waals surface area contributed by atoms with Gasteiger partial charge in [-0.1, -0.05) is 0 Å². The standard InChI is InChI=1S/C9H12N2O2/c12-9(8-3-6-13-7-8)11-5-2-1-4-10-11/h3,6-7,10H,1-2,4-5H2. The molecular formula is C9H12N2O2. The topological polar surface area (TPSA) is 45.5 Å². The van der Waals surface area contributed by atoms with E-state index in [0.717, 1.165) is 25.9 Å². The highest BCUT2D eigenvalue weighted by molar-refractivity contribution is 5.93. The van der Waals surface area contributed by atoms with Crippen LogP contribution in [0, 0.1) is 0 Å². The molecule has 2 heterocycles. The van der Waals surface area contributed by atoms with Crippen LogP contribution in [-0.4, -0.2) is 24.0 Å². The number of nitrogens with zero attached hydrogens (tertiary/aromatic N) is 1. The van der Waals surface area contributed by atoms with E-state index in [-0.39, 0.29) is 5.91 Å². The summed E-state index contributed by atoms with van der Waals surface area (Å²) in [5, 5.41) is 1.65. The summed E-state index contributed by atoms with van der Waals surface area (Å²) in [6.45, 7) is 1.66. The fourth-order valence-corrected chi connectivity index (χ4v) is 1.40. The van der Waals surface area contributed by atoms with E-state index >= 15 is 0 Å². The van der Waals surface area contributed by atoms with E-state index in [9.17, 15) is 4.79 Å². The molecule has 1 fully saturated rings. The monoisotopic (exact) mass is 180 g/mol. The average molecular weight is 180 g/mol. The van der Waals surface area contributed by atoms with Crippen LogP contribution in [0.1, 0.15) is 23.2 Å². The lowest BCUT2D eigenvalue weighted by Crippen LogP contribution is -2.46. The fourth-order valence-electron chi connectivity index (χ4n) is 1.40. The Kier molecular flexibility index (Phi) is 2.31. The molecule has 1 aromatic rings. The Balaban J connectivity index is 2.04. The zero-order valence-corrected chi connectivity index (χ0v) is 7.32. The van der Waals surface area contributed by atoms with Gasteiger partial charge in [0, 0.05) is 13.1 Å². The van der Waals surface area contributed by atoms with E-state index in [1.54, 1.807) is 11.1 Å². The highest BCUT2D eigenvalue weighted by atomic mass is 16.3. The molecule has 0 saturated carbocycles. The summed E-state index contributed by atoms with van der Waals surface area (Å²) < 4.78 is 4.85. The van der Waals surface area contributed by atoms with Gasteiger partial charge < -0.3 is 4.42 Å². The third-order valence-electron chi connectivity index (χ3n) is 2.12. The first kappa shape index (κ1) is 8.31. The summed E-state index contributed by atoms with van der Waals surface area (Å²) in [6, 6.07) is 1.68. The van der Waals surface area contributed by atoms with Gasteiger partial charge in [-0.2, -0.15) is 0 Å². The molecule has 0 spiro atoms. The van der Waals surface area contributed by atoms with Crippen LogP contribution in [0.5, 0.6) is 0 Å². The van der Waals surface area contributed by atoms with Gasteiger partial charge in [0.05, 0.1) is 11.8 Å². The van der Waals surface area contributed by atoms with Crippen molar-refractivity contribution in [3.05, 3.63) is 24.2 Å². The minimum Gasteiger partial charge on any atom is -0.472 e. The van der Waals surface area contributed by atoms with Crippen molar-refractivity contribution in [3.63, 3.8) is 0 Å². The Morgan fingerprint density at radius 1 is 1.54 bits per heavy atom. The van der Waals surface area contributed by atoms with Crippen molar-refractivity contribution in [1.29, 1.82) is 0 Å². The van der Waals surface area contributed by atoms with E-state index in [2.05, 4.69) is 5.43 Å². The van der Waals surface area contributed by atoms with Crippen molar-refractivity contribution < 1.29 is 9.21 Å². The Bertz CT molecular complexity index is 276. The molecule has 0 radical (unpaired) electrons. The number of carbonyl (C=O) groups excluding carboxylic acids is 1. The summed E-state index contributed by atoms with van der Waals surface area (Å²) in [6.07, 6.45) is 5.18. The molecule has 1 aromatic heterocycles. The highest BCUT2D eigenvalue weighted by Gasteiger charge is 2.18. The van der Waals surface area contributed by atoms with Gasteiger partial charge in [-0.05, 0) is 18.9 Å². The van der Waals surface area contributed by atoms with Gasteiger partial charge in [0.2, 0.25) is 0 Å². The summed E-state index contributed by atoms with van der Waals surface area (Å²) in [5.74, 6) is -0.00606. The van der Waals surface area contributed by atoms with Crippen LogP contribution in [-0.2, 0) is 0 Å². The third-order valence-corrected chi connectivity index (χ3v) is 2.12. The van der Waals surface area contributed by atoms with Crippen LogP contribution in [0.3, 0.4) is 0 Å². The lowest BCUT2D eigenvalue weighted by atomic mass is 10.2. The van der Waals surface area contributed by atoms with Crippen molar-refractivity contribution in [3.8, 4) is 0 Å². The first-order chi connectivity index (χ1) is 6.38. The Hall–Kier alpha value is -1.29. The maximum Gasteiger partial charge on any atom is 0.271 e. The number of hydrogen-bond acceptors (Lipinski definition) is 3. The lowest BCUT2D eigenvalue weighted by Gasteiger charge is -2.26. The van der Waals surface area contributed by atoms with Crippen LogP contribution >= 0.6 is 0 Å². The van der Waals surface area contributed by atoms with E-state index in [4.69, 9.17) is 4.42 Å². The SMILES string of the molecule is O=C(c1ccoc1)N1CCCCN1. The number of rotatable bonds is 1. The summed E-state index contributed by atoms with van der Waals surface area (Å²) in [7, 11) is 0. The number of amides is 1. The zero-order chi connectivity index (χ0) is 9.10. The van der Waals surface area contributed by atoms with Gasteiger partial charge >= 0.3 is 0 Å². The van der Waals surface area contributed by atoms with Crippen molar-refractivity contribution >= 4 is 5.91 Å².